The van der Waals surface area contributed by atoms with Crippen molar-refractivity contribution in [3.63, 3.8) is 0 Å². The number of piperidine rings is 1. The summed E-state index contributed by atoms with van der Waals surface area (Å²) in [5, 5.41) is 3.74. The van der Waals surface area contributed by atoms with Gasteiger partial charge in [0.25, 0.3) is 0 Å². The Balaban J connectivity index is 1.37. The summed E-state index contributed by atoms with van der Waals surface area (Å²) >= 11 is 0. The molecular formula is C15H27N3. The van der Waals surface area contributed by atoms with Crippen LogP contribution >= 0.6 is 0 Å². The molecule has 4 fully saturated rings. The van der Waals surface area contributed by atoms with Crippen LogP contribution in [0.4, 0.5) is 0 Å². The lowest BCUT2D eigenvalue weighted by atomic mass is 9.94. The van der Waals surface area contributed by atoms with E-state index in [0.29, 0.717) is 0 Å². The Morgan fingerprint density at radius 3 is 2.61 bits per heavy atom. The van der Waals surface area contributed by atoms with E-state index in [0.717, 1.165) is 24.0 Å². The van der Waals surface area contributed by atoms with Gasteiger partial charge >= 0.3 is 0 Å². The average molecular weight is 249 g/mol. The molecule has 0 radical (unpaired) electrons. The fourth-order valence-electron chi connectivity index (χ4n) is 4.48. The van der Waals surface area contributed by atoms with Crippen LogP contribution < -0.4 is 5.32 Å². The first-order valence-electron chi connectivity index (χ1n) is 8.11. The van der Waals surface area contributed by atoms with Gasteiger partial charge < -0.3 is 10.2 Å². The predicted octanol–water partition coefficient (Wildman–Crippen LogP) is 1.30. The van der Waals surface area contributed by atoms with Gasteiger partial charge in [0, 0.05) is 37.8 Å². The summed E-state index contributed by atoms with van der Waals surface area (Å²) < 4.78 is 0. The molecule has 0 amide bonds. The second kappa shape index (κ2) is 4.77. The van der Waals surface area contributed by atoms with Crippen molar-refractivity contribution < 1.29 is 0 Å². The number of nitrogens with one attached hydrogen (secondary N) is 1. The van der Waals surface area contributed by atoms with Crippen LogP contribution in [-0.4, -0.2) is 60.6 Å². The molecule has 1 saturated carbocycles. The lowest BCUT2D eigenvalue weighted by molar-refractivity contribution is 0.0640. The summed E-state index contributed by atoms with van der Waals surface area (Å²) in [7, 11) is 0. The van der Waals surface area contributed by atoms with E-state index in [1.807, 2.05) is 0 Å². The first kappa shape index (κ1) is 11.7. The number of hydrogen-bond donors (Lipinski definition) is 1. The van der Waals surface area contributed by atoms with Crippen LogP contribution in [0.1, 0.15) is 38.5 Å². The van der Waals surface area contributed by atoms with E-state index in [4.69, 9.17) is 0 Å². The van der Waals surface area contributed by atoms with Crippen LogP contribution in [0.2, 0.25) is 0 Å². The Hall–Kier alpha value is -0.120. The molecular weight excluding hydrogens is 222 g/mol. The van der Waals surface area contributed by atoms with Crippen molar-refractivity contribution in [2.45, 2.75) is 56.7 Å². The standard InChI is InChI=1S/C15H27N3/c1-2-13-10-14(5-8-17(13)7-1)18-9-6-16-15(11-18)12-3-4-12/h12-16H,1-11H2. The third kappa shape index (κ3) is 2.21. The van der Waals surface area contributed by atoms with Crippen LogP contribution in [-0.2, 0) is 0 Å². The van der Waals surface area contributed by atoms with Crippen molar-refractivity contribution in [1.29, 1.82) is 0 Å². The Morgan fingerprint density at radius 2 is 1.72 bits per heavy atom. The highest BCUT2D eigenvalue weighted by Gasteiger charge is 2.38. The fraction of sp³-hybridized carbons (Fsp3) is 1.00. The van der Waals surface area contributed by atoms with E-state index >= 15 is 0 Å². The lowest BCUT2D eigenvalue weighted by Crippen LogP contribution is -2.57. The second-order valence-corrected chi connectivity index (χ2v) is 6.90. The molecule has 0 bridgehead atoms. The first-order chi connectivity index (χ1) is 8.90. The maximum absolute atomic E-state index is 3.74. The van der Waals surface area contributed by atoms with E-state index in [-0.39, 0.29) is 0 Å². The minimum Gasteiger partial charge on any atom is -0.311 e. The summed E-state index contributed by atoms with van der Waals surface area (Å²) in [6.45, 7) is 6.60. The van der Waals surface area contributed by atoms with Crippen LogP contribution in [0.5, 0.6) is 0 Å². The molecule has 0 aromatic rings. The fourth-order valence-corrected chi connectivity index (χ4v) is 4.48. The summed E-state index contributed by atoms with van der Waals surface area (Å²) in [6.07, 6.45) is 8.75. The highest BCUT2D eigenvalue weighted by Crippen LogP contribution is 2.35. The van der Waals surface area contributed by atoms with Crippen molar-refractivity contribution in [3.8, 4) is 0 Å². The van der Waals surface area contributed by atoms with Crippen LogP contribution in [0.25, 0.3) is 0 Å². The molecule has 1 N–H and O–H groups in total. The zero-order valence-electron chi connectivity index (χ0n) is 11.5. The summed E-state index contributed by atoms with van der Waals surface area (Å²) in [5.41, 5.74) is 0. The largest absolute Gasteiger partial charge is 0.311 e. The highest BCUT2D eigenvalue weighted by atomic mass is 15.3. The van der Waals surface area contributed by atoms with Gasteiger partial charge in [-0.15, -0.1) is 0 Å². The molecule has 1 aliphatic carbocycles. The Labute approximate surface area is 111 Å². The number of piperazine rings is 1. The van der Waals surface area contributed by atoms with Gasteiger partial charge in [0.15, 0.2) is 0 Å². The zero-order valence-corrected chi connectivity index (χ0v) is 11.5. The topological polar surface area (TPSA) is 18.5 Å². The molecule has 18 heavy (non-hydrogen) atoms. The molecule has 3 heterocycles. The molecule has 3 nitrogen and oxygen atoms in total. The monoisotopic (exact) mass is 249 g/mol. The third-order valence-corrected chi connectivity index (χ3v) is 5.74. The quantitative estimate of drug-likeness (QED) is 0.796. The van der Waals surface area contributed by atoms with Crippen LogP contribution in [0.3, 0.4) is 0 Å². The van der Waals surface area contributed by atoms with Crippen molar-refractivity contribution in [1.82, 2.24) is 15.1 Å². The predicted molar refractivity (Wildman–Crippen MR) is 73.7 cm³/mol. The van der Waals surface area contributed by atoms with Gasteiger partial charge in [0.2, 0.25) is 0 Å². The number of rotatable bonds is 2. The molecule has 0 spiro atoms. The maximum Gasteiger partial charge on any atom is 0.0223 e. The minimum atomic E-state index is 0.820. The van der Waals surface area contributed by atoms with E-state index < -0.39 is 0 Å². The molecule has 0 aromatic heterocycles. The Bertz CT molecular complexity index is 298. The van der Waals surface area contributed by atoms with Gasteiger partial charge in [-0.2, -0.15) is 0 Å². The van der Waals surface area contributed by atoms with E-state index in [1.165, 1.54) is 71.2 Å². The minimum absolute atomic E-state index is 0.820. The molecule has 102 valence electrons. The Morgan fingerprint density at radius 1 is 0.833 bits per heavy atom. The summed E-state index contributed by atoms with van der Waals surface area (Å²) in [5.74, 6) is 1.01. The Kier molecular flexibility index (Phi) is 3.10. The number of hydrogen-bond acceptors (Lipinski definition) is 3. The molecule has 4 rings (SSSR count). The van der Waals surface area contributed by atoms with Gasteiger partial charge in [-0.25, -0.2) is 0 Å². The maximum atomic E-state index is 3.74. The highest BCUT2D eigenvalue weighted by molar-refractivity contribution is 4.96. The van der Waals surface area contributed by atoms with E-state index in [9.17, 15) is 0 Å². The molecule has 3 unspecified atom stereocenters. The van der Waals surface area contributed by atoms with Crippen molar-refractivity contribution in [2.75, 3.05) is 32.7 Å². The average Bonchev–Trinajstić information content (AvgIpc) is 3.17. The van der Waals surface area contributed by atoms with Crippen molar-refractivity contribution in [2.24, 2.45) is 5.92 Å². The van der Waals surface area contributed by atoms with Crippen molar-refractivity contribution in [3.05, 3.63) is 0 Å². The normalized spacial score (nSPS) is 43.0. The first-order valence-corrected chi connectivity index (χ1v) is 8.11. The van der Waals surface area contributed by atoms with Crippen molar-refractivity contribution >= 4 is 0 Å². The molecule has 3 saturated heterocycles. The lowest BCUT2D eigenvalue weighted by Gasteiger charge is -2.44. The van der Waals surface area contributed by atoms with E-state index in [2.05, 4.69) is 15.1 Å². The van der Waals surface area contributed by atoms with Gasteiger partial charge in [0.1, 0.15) is 0 Å². The summed E-state index contributed by atoms with van der Waals surface area (Å²) in [6, 6.07) is 2.64. The number of nitrogens with zero attached hydrogens (tertiary/aromatic N) is 2. The van der Waals surface area contributed by atoms with Gasteiger partial charge in [0.05, 0.1) is 0 Å². The molecule has 0 aromatic carbocycles. The van der Waals surface area contributed by atoms with Gasteiger partial charge in [-0.1, -0.05) is 0 Å². The molecule has 3 aliphatic heterocycles. The SMILES string of the molecule is C1CC2CC(N3CCNC(C4CC4)C3)CCN2C1. The molecule has 3 atom stereocenters. The van der Waals surface area contributed by atoms with E-state index in [1.54, 1.807) is 0 Å². The molecule has 4 aliphatic rings. The van der Waals surface area contributed by atoms with Gasteiger partial charge in [-0.3, -0.25) is 4.90 Å². The van der Waals surface area contributed by atoms with Gasteiger partial charge in [-0.05, 0) is 57.5 Å². The van der Waals surface area contributed by atoms with Crippen LogP contribution in [0.15, 0.2) is 0 Å². The number of fused-ring (bicyclic) bond motifs is 1. The molecule has 3 heteroatoms. The zero-order chi connectivity index (χ0) is 11.9. The smallest absolute Gasteiger partial charge is 0.0223 e. The van der Waals surface area contributed by atoms with Crippen LogP contribution in [0, 0.1) is 5.92 Å². The summed E-state index contributed by atoms with van der Waals surface area (Å²) in [4.78, 5) is 5.58. The second-order valence-electron chi connectivity index (χ2n) is 6.90. The third-order valence-electron chi connectivity index (χ3n) is 5.74.